The van der Waals surface area contributed by atoms with Crippen molar-refractivity contribution in [2.75, 3.05) is 0 Å². The zero-order valence-electron chi connectivity index (χ0n) is 10.9. The lowest BCUT2D eigenvalue weighted by molar-refractivity contribution is -0.116. The fraction of sp³-hybridized carbons (Fsp3) is 0.0625. The smallest absolute Gasteiger partial charge is 0.244 e. The molecule has 0 saturated carbocycles. The van der Waals surface area contributed by atoms with Crippen LogP contribution < -0.4 is 5.32 Å². The molecule has 2 nitrogen and oxygen atoms in total. The first-order chi connectivity index (χ1) is 10.0. The standard InChI is InChI=1S/C16H12Cl3NO/c17-13-5-1-11(2-6-13)10-20-16(21)8-4-12-3-7-14(18)9-15(12)19/h1-9H,10H2,(H,20,21)/b8-4+. The second kappa shape index (κ2) is 7.51. The highest BCUT2D eigenvalue weighted by Gasteiger charge is 2.00. The summed E-state index contributed by atoms with van der Waals surface area (Å²) in [6.07, 6.45) is 3.08. The Kier molecular flexibility index (Phi) is 5.68. The van der Waals surface area contributed by atoms with Crippen molar-refractivity contribution in [3.63, 3.8) is 0 Å². The molecule has 0 atom stereocenters. The Hall–Kier alpha value is -1.48. The van der Waals surface area contributed by atoms with Crippen molar-refractivity contribution < 1.29 is 4.79 Å². The molecule has 0 aliphatic heterocycles. The highest BCUT2D eigenvalue weighted by Crippen LogP contribution is 2.21. The summed E-state index contributed by atoms with van der Waals surface area (Å²) in [4.78, 5) is 11.7. The lowest BCUT2D eigenvalue weighted by atomic mass is 10.2. The largest absolute Gasteiger partial charge is 0.348 e. The van der Waals surface area contributed by atoms with E-state index in [1.165, 1.54) is 6.08 Å². The molecule has 0 aliphatic rings. The SMILES string of the molecule is O=C(/C=C/c1ccc(Cl)cc1Cl)NCc1ccc(Cl)cc1. The van der Waals surface area contributed by atoms with E-state index < -0.39 is 0 Å². The van der Waals surface area contributed by atoms with Crippen LogP contribution in [0.3, 0.4) is 0 Å². The molecule has 0 fully saturated rings. The van der Waals surface area contributed by atoms with E-state index in [2.05, 4.69) is 5.32 Å². The van der Waals surface area contributed by atoms with Gasteiger partial charge in [0.05, 0.1) is 0 Å². The third-order valence-corrected chi connectivity index (χ3v) is 3.57. The van der Waals surface area contributed by atoms with Crippen molar-refractivity contribution in [1.29, 1.82) is 0 Å². The molecule has 1 N–H and O–H groups in total. The highest BCUT2D eigenvalue weighted by molar-refractivity contribution is 6.35. The minimum atomic E-state index is -0.198. The molecule has 0 unspecified atom stereocenters. The van der Waals surface area contributed by atoms with E-state index in [0.29, 0.717) is 21.6 Å². The van der Waals surface area contributed by atoms with Crippen LogP contribution in [0.15, 0.2) is 48.5 Å². The van der Waals surface area contributed by atoms with Gasteiger partial charge < -0.3 is 5.32 Å². The Morgan fingerprint density at radius 3 is 2.33 bits per heavy atom. The molecule has 2 rings (SSSR count). The maximum atomic E-state index is 11.7. The number of hydrogen-bond acceptors (Lipinski definition) is 1. The average Bonchev–Trinajstić information content (AvgIpc) is 2.46. The topological polar surface area (TPSA) is 29.1 Å². The number of rotatable bonds is 4. The van der Waals surface area contributed by atoms with Crippen LogP contribution in [-0.4, -0.2) is 5.91 Å². The molecule has 2 aromatic carbocycles. The highest BCUT2D eigenvalue weighted by atomic mass is 35.5. The van der Waals surface area contributed by atoms with Crippen LogP contribution >= 0.6 is 34.8 Å². The second-order valence-electron chi connectivity index (χ2n) is 4.34. The molecular formula is C16H12Cl3NO. The van der Waals surface area contributed by atoms with Crippen LogP contribution in [-0.2, 0) is 11.3 Å². The third kappa shape index (κ3) is 5.09. The minimum Gasteiger partial charge on any atom is -0.348 e. The van der Waals surface area contributed by atoms with E-state index in [1.807, 2.05) is 12.1 Å². The predicted octanol–water partition coefficient (Wildman–Crippen LogP) is 4.98. The van der Waals surface area contributed by atoms with Crippen LogP contribution in [0.2, 0.25) is 15.1 Å². The molecule has 0 aliphatic carbocycles. The van der Waals surface area contributed by atoms with Gasteiger partial charge in [-0.15, -0.1) is 0 Å². The summed E-state index contributed by atoms with van der Waals surface area (Å²) in [7, 11) is 0. The predicted molar refractivity (Wildman–Crippen MR) is 88.8 cm³/mol. The van der Waals surface area contributed by atoms with Gasteiger partial charge in [0.25, 0.3) is 0 Å². The molecule has 108 valence electrons. The van der Waals surface area contributed by atoms with Crippen LogP contribution in [0.25, 0.3) is 6.08 Å². The lowest BCUT2D eigenvalue weighted by Crippen LogP contribution is -2.20. The third-order valence-electron chi connectivity index (χ3n) is 2.76. The molecule has 0 radical (unpaired) electrons. The molecule has 21 heavy (non-hydrogen) atoms. The quantitative estimate of drug-likeness (QED) is 0.782. The van der Waals surface area contributed by atoms with Crippen molar-refractivity contribution in [3.05, 3.63) is 74.7 Å². The van der Waals surface area contributed by atoms with Gasteiger partial charge in [-0.3, -0.25) is 4.79 Å². The van der Waals surface area contributed by atoms with Crippen molar-refractivity contribution in [2.45, 2.75) is 6.54 Å². The van der Waals surface area contributed by atoms with Gasteiger partial charge in [-0.25, -0.2) is 0 Å². The number of amides is 1. The fourth-order valence-electron chi connectivity index (χ4n) is 1.65. The number of nitrogens with one attached hydrogen (secondary N) is 1. The molecule has 0 saturated heterocycles. The van der Waals surface area contributed by atoms with Crippen molar-refractivity contribution >= 4 is 46.8 Å². The van der Waals surface area contributed by atoms with Gasteiger partial charge in [0, 0.05) is 27.7 Å². The molecule has 5 heteroatoms. The molecule has 0 bridgehead atoms. The molecular weight excluding hydrogens is 329 g/mol. The van der Waals surface area contributed by atoms with E-state index >= 15 is 0 Å². The molecule has 2 aromatic rings. The molecule has 0 heterocycles. The summed E-state index contributed by atoms with van der Waals surface area (Å²) < 4.78 is 0. The van der Waals surface area contributed by atoms with Crippen LogP contribution in [0.5, 0.6) is 0 Å². The van der Waals surface area contributed by atoms with Gasteiger partial charge in [-0.1, -0.05) is 53.0 Å². The summed E-state index contributed by atoms with van der Waals surface area (Å²) in [6.45, 7) is 0.439. The summed E-state index contributed by atoms with van der Waals surface area (Å²) in [5.74, 6) is -0.198. The zero-order valence-corrected chi connectivity index (χ0v) is 13.2. The Morgan fingerprint density at radius 2 is 1.67 bits per heavy atom. The van der Waals surface area contributed by atoms with Crippen molar-refractivity contribution in [3.8, 4) is 0 Å². The van der Waals surface area contributed by atoms with E-state index in [0.717, 1.165) is 11.1 Å². The second-order valence-corrected chi connectivity index (χ2v) is 5.62. The number of benzene rings is 2. The summed E-state index contributed by atoms with van der Waals surface area (Å²) >= 11 is 17.6. The van der Waals surface area contributed by atoms with Gasteiger partial charge in [0.1, 0.15) is 0 Å². The van der Waals surface area contributed by atoms with Crippen molar-refractivity contribution in [1.82, 2.24) is 5.32 Å². The van der Waals surface area contributed by atoms with E-state index in [9.17, 15) is 4.79 Å². The fourth-order valence-corrected chi connectivity index (χ4v) is 2.25. The molecule has 0 aromatic heterocycles. The zero-order chi connectivity index (χ0) is 15.2. The number of carbonyl (C=O) groups excluding carboxylic acids is 1. The summed E-state index contributed by atoms with van der Waals surface area (Å²) in [5.41, 5.74) is 1.72. The number of hydrogen-bond donors (Lipinski definition) is 1. The van der Waals surface area contributed by atoms with E-state index in [1.54, 1.807) is 36.4 Å². The van der Waals surface area contributed by atoms with E-state index in [-0.39, 0.29) is 5.91 Å². The first-order valence-corrected chi connectivity index (χ1v) is 7.33. The normalized spacial score (nSPS) is 10.8. The maximum absolute atomic E-state index is 11.7. The first kappa shape index (κ1) is 15.9. The Morgan fingerprint density at radius 1 is 1.00 bits per heavy atom. The first-order valence-electron chi connectivity index (χ1n) is 6.20. The van der Waals surface area contributed by atoms with Crippen LogP contribution in [0.1, 0.15) is 11.1 Å². The van der Waals surface area contributed by atoms with E-state index in [4.69, 9.17) is 34.8 Å². The molecule has 0 spiro atoms. The number of halogens is 3. The minimum absolute atomic E-state index is 0.198. The Labute approximate surface area is 138 Å². The lowest BCUT2D eigenvalue weighted by Gasteiger charge is -2.03. The van der Waals surface area contributed by atoms with Crippen LogP contribution in [0, 0.1) is 0 Å². The van der Waals surface area contributed by atoms with Gasteiger partial charge in [0.2, 0.25) is 5.91 Å². The van der Waals surface area contributed by atoms with Gasteiger partial charge in [-0.2, -0.15) is 0 Å². The van der Waals surface area contributed by atoms with Crippen molar-refractivity contribution in [2.24, 2.45) is 0 Å². The van der Waals surface area contributed by atoms with Gasteiger partial charge in [-0.05, 0) is 41.5 Å². The summed E-state index contributed by atoms with van der Waals surface area (Å²) in [6, 6.07) is 12.4. The van der Waals surface area contributed by atoms with Crippen LogP contribution in [0.4, 0.5) is 0 Å². The Bertz CT molecular complexity index is 666. The monoisotopic (exact) mass is 339 g/mol. The molecule has 1 amide bonds. The maximum Gasteiger partial charge on any atom is 0.244 e. The summed E-state index contributed by atoms with van der Waals surface area (Å²) in [5, 5.41) is 4.51. The Balaban J connectivity index is 1.92. The average molecular weight is 341 g/mol. The number of carbonyl (C=O) groups is 1. The van der Waals surface area contributed by atoms with Gasteiger partial charge >= 0.3 is 0 Å². The van der Waals surface area contributed by atoms with Gasteiger partial charge in [0.15, 0.2) is 0 Å².